The van der Waals surface area contributed by atoms with Crippen LogP contribution in [0.1, 0.15) is 0 Å². The molecule has 140 valence electrons. The number of fused-ring (bicyclic) bond motifs is 1. The number of rotatable bonds is 4. The molecule has 0 saturated carbocycles. The van der Waals surface area contributed by atoms with Gasteiger partial charge in [0.15, 0.2) is 11.6 Å². The van der Waals surface area contributed by atoms with Crippen LogP contribution in [0.5, 0.6) is 5.75 Å². The number of nitrogens with zero attached hydrogens (tertiary/aromatic N) is 7. The zero-order valence-electron chi connectivity index (χ0n) is 15.5. The summed E-state index contributed by atoms with van der Waals surface area (Å²) in [6, 6.07) is 19.0. The van der Waals surface area contributed by atoms with Crippen molar-refractivity contribution in [3.8, 4) is 34.3 Å². The highest BCUT2D eigenvalue weighted by molar-refractivity contribution is 5.86. The smallest absolute Gasteiger partial charge is 0.205 e. The van der Waals surface area contributed by atoms with Crippen LogP contribution in [0.3, 0.4) is 0 Å². The summed E-state index contributed by atoms with van der Waals surface area (Å²) in [5.74, 6) is 2.31. The predicted octanol–water partition coefficient (Wildman–Crippen LogP) is 3.34. The number of methoxy groups -OCH3 is 1. The van der Waals surface area contributed by atoms with Crippen molar-refractivity contribution >= 4 is 10.9 Å². The number of pyridine rings is 1. The molecule has 0 N–H and O–H groups in total. The molecule has 0 radical (unpaired) electrons. The van der Waals surface area contributed by atoms with E-state index in [9.17, 15) is 0 Å². The molecule has 0 saturated heterocycles. The molecule has 0 unspecified atom stereocenters. The van der Waals surface area contributed by atoms with Gasteiger partial charge in [-0.2, -0.15) is 0 Å². The monoisotopic (exact) mass is 381 g/mol. The number of benzene rings is 2. The lowest BCUT2D eigenvalue weighted by Crippen LogP contribution is -2.06. The number of para-hydroxylation sites is 1. The summed E-state index contributed by atoms with van der Waals surface area (Å²) < 4.78 is 5.28. The number of hydrogen-bond donors (Lipinski definition) is 0. The first-order chi connectivity index (χ1) is 14.3. The van der Waals surface area contributed by atoms with Crippen molar-refractivity contribution in [2.45, 2.75) is 0 Å². The topological polar surface area (TPSA) is 91.5 Å². The molecule has 3 heterocycles. The largest absolute Gasteiger partial charge is 0.497 e. The standard InChI is InChI=1S/C21H15N7O/c1-29-16-8-4-6-14(12-16)20-25-27-28(26-20)21-17-9-2-3-10-18(17)23-19(24-21)15-7-5-11-22-13-15/h2-13H,1H3. The van der Waals surface area contributed by atoms with Crippen LogP contribution in [-0.4, -0.2) is 42.3 Å². The second-order valence-electron chi connectivity index (χ2n) is 6.26. The number of hydrogen-bond acceptors (Lipinski definition) is 7. The fourth-order valence-corrected chi connectivity index (χ4v) is 3.02. The van der Waals surface area contributed by atoms with E-state index in [0.717, 1.165) is 27.8 Å². The Morgan fingerprint density at radius 2 is 1.76 bits per heavy atom. The molecule has 0 aliphatic rings. The molecular formula is C21H15N7O. The Kier molecular flexibility index (Phi) is 4.14. The van der Waals surface area contributed by atoms with Gasteiger partial charge in [-0.25, -0.2) is 9.97 Å². The van der Waals surface area contributed by atoms with Gasteiger partial charge < -0.3 is 4.74 Å². The van der Waals surface area contributed by atoms with Crippen LogP contribution in [-0.2, 0) is 0 Å². The van der Waals surface area contributed by atoms with Crippen molar-refractivity contribution < 1.29 is 4.74 Å². The van der Waals surface area contributed by atoms with Gasteiger partial charge in [0, 0.05) is 28.9 Å². The number of aromatic nitrogens is 7. The van der Waals surface area contributed by atoms with Gasteiger partial charge >= 0.3 is 0 Å². The molecule has 0 aliphatic carbocycles. The van der Waals surface area contributed by atoms with Crippen LogP contribution < -0.4 is 4.74 Å². The molecule has 0 atom stereocenters. The summed E-state index contributed by atoms with van der Waals surface area (Å²) in [6.07, 6.45) is 3.44. The Labute approximate surface area is 165 Å². The third-order valence-corrected chi connectivity index (χ3v) is 4.43. The highest BCUT2D eigenvalue weighted by Crippen LogP contribution is 2.24. The molecule has 8 nitrogen and oxygen atoms in total. The van der Waals surface area contributed by atoms with E-state index in [1.165, 1.54) is 4.80 Å². The van der Waals surface area contributed by atoms with E-state index < -0.39 is 0 Å². The SMILES string of the molecule is COc1cccc(-c2nnn(-c3nc(-c4cccnc4)nc4ccccc34)n2)c1. The Bertz CT molecular complexity index is 1300. The summed E-state index contributed by atoms with van der Waals surface area (Å²) in [7, 11) is 1.62. The maximum Gasteiger partial charge on any atom is 0.205 e. The molecule has 5 rings (SSSR count). The van der Waals surface area contributed by atoms with Gasteiger partial charge in [0.1, 0.15) is 5.75 Å². The van der Waals surface area contributed by atoms with E-state index in [4.69, 9.17) is 9.72 Å². The van der Waals surface area contributed by atoms with Crippen molar-refractivity contribution in [2.75, 3.05) is 7.11 Å². The predicted molar refractivity (Wildman–Crippen MR) is 107 cm³/mol. The zero-order valence-corrected chi connectivity index (χ0v) is 15.5. The van der Waals surface area contributed by atoms with E-state index in [2.05, 4.69) is 25.4 Å². The van der Waals surface area contributed by atoms with Crippen LogP contribution in [0.2, 0.25) is 0 Å². The van der Waals surface area contributed by atoms with Gasteiger partial charge in [-0.05, 0) is 41.6 Å². The van der Waals surface area contributed by atoms with E-state index in [1.54, 1.807) is 19.5 Å². The van der Waals surface area contributed by atoms with E-state index in [-0.39, 0.29) is 0 Å². The second kappa shape index (κ2) is 7.08. The lowest BCUT2D eigenvalue weighted by molar-refractivity contribution is 0.415. The highest BCUT2D eigenvalue weighted by atomic mass is 16.5. The van der Waals surface area contributed by atoms with Gasteiger partial charge in [0.25, 0.3) is 0 Å². The molecule has 5 aromatic rings. The minimum absolute atomic E-state index is 0.481. The minimum Gasteiger partial charge on any atom is -0.497 e. The average Bonchev–Trinajstić information content (AvgIpc) is 3.29. The first kappa shape index (κ1) is 16.9. The summed E-state index contributed by atoms with van der Waals surface area (Å²) >= 11 is 0. The molecule has 3 aromatic heterocycles. The van der Waals surface area contributed by atoms with E-state index in [0.29, 0.717) is 17.5 Å². The molecular weight excluding hydrogens is 366 g/mol. The summed E-state index contributed by atoms with van der Waals surface area (Å²) in [6.45, 7) is 0. The lowest BCUT2D eigenvalue weighted by atomic mass is 10.2. The van der Waals surface area contributed by atoms with Gasteiger partial charge in [-0.1, -0.05) is 24.3 Å². The summed E-state index contributed by atoms with van der Waals surface area (Å²) in [4.78, 5) is 15.0. The van der Waals surface area contributed by atoms with E-state index >= 15 is 0 Å². The third-order valence-electron chi connectivity index (χ3n) is 4.43. The van der Waals surface area contributed by atoms with Crippen molar-refractivity contribution in [1.82, 2.24) is 35.2 Å². The molecule has 8 heteroatoms. The Balaban J connectivity index is 1.66. The number of ether oxygens (including phenoxy) is 1. The van der Waals surface area contributed by atoms with Crippen molar-refractivity contribution in [3.05, 3.63) is 73.1 Å². The molecule has 0 spiro atoms. The summed E-state index contributed by atoms with van der Waals surface area (Å²) in [5, 5.41) is 13.8. The van der Waals surface area contributed by atoms with Crippen LogP contribution in [0, 0.1) is 0 Å². The minimum atomic E-state index is 0.481. The highest BCUT2D eigenvalue weighted by Gasteiger charge is 2.15. The average molecular weight is 381 g/mol. The molecule has 0 aliphatic heterocycles. The maximum atomic E-state index is 5.28. The molecule has 29 heavy (non-hydrogen) atoms. The van der Waals surface area contributed by atoms with Crippen LogP contribution in [0.4, 0.5) is 0 Å². The van der Waals surface area contributed by atoms with Crippen LogP contribution in [0.25, 0.3) is 39.5 Å². The molecule has 0 fully saturated rings. The molecule has 0 amide bonds. The number of tetrazole rings is 1. The van der Waals surface area contributed by atoms with Gasteiger partial charge in [0.2, 0.25) is 5.82 Å². The molecule has 2 aromatic carbocycles. The fourth-order valence-electron chi connectivity index (χ4n) is 3.02. The van der Waals surface area contributed by atoms with Gasteiger partial charge in [-0.15, -0.1) is 15.0 Å². The summed E-state index contributed by atoms with van der Waals surface area (Å²) in [5.41, 5.74) is 2.41. The van der Waals surface area contributed by atoms with Crippen LogP contribution in [0.15, 0.2) is 73.1 Å². The first-order valence-electron chi connectivity index (χ1n) is 8.94. The Morgan fingerprint density at radius 3 is 2.62 bits per heavy atom. The maximum absolute atomic E-state index is 5.28. The lowest BCUT2D eigenvalue weighted by Gasteiger charge is -2.07. The van der Waals surface area contributed by atoms with Crippen molar-refractivity contribution in [1.29, 1.82) is 0 Å². The first-order valence-corrected chi connectivity index (χ1v) is 8.94. The van der Waals surface area contributed by atoms with Gasteiger partial charge in [-0.3, -0.25) is 4.98 Å². The second-order valence-corrected chi connectivity index (χ2v) is 6.26. The van der Waals surface area contributed by atoms with E-state index in [1.807, 2.05) is 60.7 Å². The van der Waals surface area contributed by atoms with Gasteiger partial charge in [0.05, 0.1) is 12.6 Å². The van der Waals surface area contributed by atoms with Crippen molar-refractivity contribution in [3.63, 3.8) is 0 Å². The van der Waals surface area contributed by atoms with Crippen LogP contribution >= 0.6 is 0 Å². The normalized spacial score (nSPS) is 10.9. The Hall–Kier alpha value is -4.20. The fraction of sp³-hybridized carbons (Fsp3) is 0.0476. The quantitative estimate of drug-likeness (QED) is 0.471. The van der Waals surface area contributed by atoms with Crippen molar-refractivity contribution in [2.24, 2.45) is 0 Å². The molecule has 0 bridgehead atoms. The Morgan fingerprint density at radius 1 is 0.862 bits per heavy atom. The third kappa shape index (κ3) is 3.16. The zero-order chi connectivity index (χ0) is 19.6.